The molecule has 2 aromatic carbocycles. The molecular formula is C24H28O4. The van der Waals surface area contributed by atoms with Crippen LogP contribution in [0.5, 0.6) is 11.5 Å². The number of hydrogen-bond donors (Lipinski definition) is 0. The molecule has 0 saturated carbocycles. The van der Waals surface area contributed by atoms with Crippen molar-refractivity contribution in [2.45, 2.75) is 26.7 Å². The molecule has 1 unspecified atom stereocenters. The number of aldehydes is 1. The van der Waals surface area contributed by atoms with Crippen LogP contribution >= 0.6 is 0 Å². The maximum atomic E-state index is 10.6. The van der Waals surface area contributed by atoms with Gasteiger partial charge >= 0.3 is 0 Å². The van der Waals surface area contributed by atoms with E-state index in [1.807, 2.05) is 61.5 Å². The Labute approximate surface area is 167 Å². The van der Waals surface area contributed by atoms with E-state index in [-0.39, 0.29) is 12.5 Å². The molecule has 2 aromatic rings. The summed E-state index contributed by atoms with van der Waals surface area (Å²) < 4.78 is 16.9. The molecule has 0 heterocycles. The van der Waals surface area contributed by atoms with Gasteiger partial charge in [0.2, 0.25) is 0 Å². The largest absolute Gasteiger partial charge is 0.501 e. The topological polar surface area (TPSA) is 44.8 Å². The fourth-order valence-corrected chi connectivity index (χ4v) is 2.81. The average molecular weight is 380 g/mol. The van der Waals surface area contributed by atoms with E-state index in [0.29, 0.717) is 5.76 Å². The predicted octanol–water partition coefficient (Wildman–Crippen LogP) is 5.70. The van der Waals surface area contributed by atoms with E-state index in [1.54, 1.807) is 7.11 Å². The van der Waals surface area contributed by atoms with Crippen molar-refractivity contribution in [3.63, 3.8) is 0 Å². The second-order valence-electron chi connectivity index (χ2n) is 6.41. The normalized spacial score (nSPS) is 13.0. The SMILES string of the molecule is CC/C=C(\C=C(\OC)C(C)Cc1ccc(Oc2ccccc2)cc1)OCC=O. The van der Waals surface area contributed by atoms with E-state index in [1.165, 1.54) is 5.56 Å². The van der Waals surface area contributed by atoms with Gasteiger partial charge in [-0.25, -0.2) is 0 Å². The summed E-state index contributed by atoms with van der Waals surface area (Å²) in [4.78, 5) is 10.6. The van der Waals surface area contributed by atoms with Crippen LogP contribution in [0.3, 0.4) is 0 Å². The van der Waals surface area contributed by atoms with Crippen LogP contribution in [0, 0.1) is 5.92 Å². The Bertz CT molecular complexity index is 776. The molecule has 0 N–H and O–H groups in total. The number of hydrogen-bond acceptors (Lipinski definition) is 4. The number of ether oxygens (including phenoxy) is 3. The number of para-hydroxylation sites is 1. The lowest BCUT2D eigenvalue weighted by molar-refractivity contribution is -0.110. The monoisotopic (exact) mass is 380 g/mol. The van der Waals surface area contributed by atoms with Gasteiger partial charge in [-0.2, -0.15) is 0 Å². The van der Waals surface area contributed by atoms with Gasteiger partial charge in [0.1, 0.15) is 29.6 Å². The molecule has 0 saturated heterocycles. The number of methoxy groups -OCH3 is 1. The Kier molecular flexibility index (Phi) is 8.86. The van der Waals surface area contributed by atoms with Crippen molar-refractivity contribution < 1.29 is 19.0 Å². The van der Waals surface area contributed by atoms with Gasteiger partial charge in [0.15, 0.2) is 6.29 Å². The van der Waals surface area contributed by atoms with Gasteiger partial charge in [0.05, 0.1) is 7.11 Å². The molecular weight excluding hydrogens is 352 g/mol. The summed E-state index contributed by atoms with van der Waals surface area (Å²) in [6.07, 6.45) is 6.18. The molecule has 0 radical (unpaired) electrons. The van der Waals surface area contributed by atoms with Crippen LogP contribution in [-0.4, -0.2) is 20.0 Å². The van der Waals surface area contributed by atoms with Crippen LogP contribution in [0.4, 0.5) is 0 Å². The molecule has 0 spiro atoms. The van der Waals surface area contributed by atoms with Crippen molar-refractivity contribution in [1.29, 1.82) is 0 Å². The minimum Gasteiger partial charge on any atom is -0.501 e. The molecule has 148 valence electrons. The highest BCUT2D eigenvalue weighted by Gasteiger charge is 2.12. The zero-order valence-electron chi connectivity index (χ0n) is 16.8. The van der Waals surface area contributed by atoms with Gasteiger partial charge in [-0.15, -0.1) is 0 Å². The van der Waals surface area contributed by atoms with Crippen LogP contribution < -0.4 is 4.74 Å². The van der Waals surface area contributed by atoms with Gasteiger partial charge in [-0.1, -0.05) is 44.2 Å². The summed E-state index contributed by atoms with van der Waals surface area (Å²) >= 11 is 0. The van der Waals surface area contributed by atoms with Crippen LogP contribution in [-0.2, 0) is 20.7 Å². The third kappa shape index (κ3) is 6.95. The van der Waals surface area contributed by atoms with Crippen LogP contribution in [0.2, 0.25) is 0 Å². The highest BCUT2D eigenvalue weighted by atomic mass is 16.5. The van der Waals surface area contributed by atoms with Crippen molar-refractivity contribution in [2.75, 3.05) is 13.7 Å². The van der Waals surface area contributed by atoms with Crippen molar-refractivity contribution in [3.05, 3.63) is 83.8 Å². The molecule has 28 heavy (non-hydrogen) atoms. The third-order valence-corrected chi connectivity index (χ3v) is 4.17. The first-order valence-corrected chi connectivity index (χ1v) is 9.50. The van der Waals surface area contributed by atoms with Gasteiger partial charge in [0, 0.05) is 12.0 Å². The molecule has 4 heteroatoms. The lowest BCUT2D eigenvalue weighted by atomic mass is 9.98. The zero-order chi connectivity index (χ0) is 20.2. The van der Waals surface area contributed by atoms with Gasteiger partial charge in [-0.3, -0.25) is 4.79 Å². The Morgan fingerprint density at radius 3 is 2.32 bits per heavy atom. The fourth-order valence-electron chi connectivity index (χ4n) is 2.81. The Hall–Kier alpha value is -3.01. The number of carbonyl (C=O) groups is 1. The number of allylic oxidation sites excluding steroid dienone is 3. The molecule has 2 rings (SSSR count). The van der Waals surface area contributed by atoms with Crippen molar-refractivity contribution in [2.24, 2.45) is 5.92 Å². The maximum absolute atomic E-state index is 10.6. The molecule has 0 aliphatic carbocycles. The van der Waals surface area contributed by atoms with Crippen LogP contribution in [0.15, 0.2) is 78.3 Å². The van der Waals surface area contributed by atoms with E-state index in [9.17, 15) is 4.79 Å². The summed E-state index contributed by atoms with van der Waals surface area (Å²) in [7, 11) is 1.66. The van der Waals surface area contributed by atoms with Crippen molar-refractivity contribution in [1.82, 2.24) is 0 Å². The lowest BCUT2D eigenvalue weighted by Crippen LogP contribution is -2.07. The van der Waals surface area contributed by atoms with E-state index < -0.39 is 0 Å². The summed E-state index contributed by atoms with van der Waals surface area (Å²) in [6.45, 7) is 4.16. The molecule has 0 aliphatic rings. The van der Waals surface area contributed by atoms with Gasteiger partial charge in [-0.05, 0) is 48.7 Å². The standard InChI is InChI=1S/C24H28O4/c1-4-8-23(27-16-15-25)18-24(26-3)19(2)17-20-11-13-22(14-12-20)28-21-9-6-5-7-10-21/h5-15,18-19H,4,16-17H2,1-3H3/b23-8+,24-18+. The highest BCUT2D eigenvalue weighted by molar-refractivity contribution is 5.51. The molecule has 0 aromatic heterocycles. The highest BCUT2D eigenvalue weighted by Crippen LogP contribution is 2.24. The summed E-state index contributed by atoms with van der Waals surface area (Å²) in [6, 6.07) is 17.8. The number of benzene rings is 2. The smallest absolute Gasteiger partial charge is 0.157 e. The summed E-state index contributed by atoms with van der Waals surface area (Å²) in [5, 5.41) is 0. The first-order chi connectivity index (χ1) is 13.7. The van der Waals surface area contributed by atoms with Crippen LogP contribution in [0.1, 0.15) is 25.8 Å². The Balaban J connectivity index is 2.03. The minimum atomic E-state index is 0.0383. The quantitative estimate of drug-likeness (QED) is 0.285. The second kappa shape index (κ2) is 11.7. The Morgan fingerprint density at radius 2 is 1.71 bits per heavy atom. The summed E-state index contributed by atoms with van der Waals surface area (Å²) in [5.41, 5.74) is 1.19. The first kappa shape index (κ1) is 21.3. The molecule has 0 fully saturated rings. The molecule has 0 bridgehead atoms. The Morgan fingerprint density at radius 1 is 1.04 bits per heavy atom. The lowest BCUT2D eigenvalue weighted by Gasteiger charge is -2.16. The first-order valence-electron chi connectivity index (χ1n) is 9.50. The summed E-state index contributed by atoms with van der Waals surface area (Å²) in [5.74, 6) is 3.26. The minimum absolute atomic E-state index is 0.0383. The maximum Gasteiger partial charge on any atom is 0.157 e. The predicted molar refractivity (Wildman–Crippen MR) is 111 cm³/mol. The molecule has 4 nitrogen and oxygen atoms in total. The van der Waals surface area contributed by atoms with Gasteiger partial charge < -0.3 is 14.2 Å². The van der Waals surface area contributed by atoms with Gasteiger partial charge in [0.25, 0.3) is 0 Å². The number of rotatable bonds is 11. The third-order valence-electron chi connectivity index (χ3n) is 4.17. The van der Waals surface area contributed by atoms with E-state index in [0.717, 1.165) is 36.4 Å². The van der Waals surface area contributed by atoms with E-state index in [2.05, 4.69) is 19.1 Å². The van der Waals surface area contributed by atoms with Crippen molar-refractivity contribution in [3.8, 4) is 11.5 Å². The molecule has 0 aliphatic heterocycles. The molecule has 0 amide bonds. The van der Waals surface area contributed by atoms with E-state index in [4.69, 9.17) is 14.2 Å². The van der Waals surface area contributed by atoms with E-state index >= 15 is 0 Å². The zero-order valence-corrected chi connectivity index (χ0v) is 16.8. The second-order valence-corrected chi connectivity index (χ2v) is 6.41. The average Bonchev–Trinajstić information content (AvgIpc) is 2.72. The van der Waals surface area contributed by atoms with Crippen molar-refractivity contribution >= 4 is 6.29 Å². The van der Waals surface area contributed by atoms with Crippen LogP contribution in [0.25, 0.3) is 0 Å². The molecule has 1 atom stereocenters. The fraction of sp³-hybridized carbons (Fsp3) is 0.292. The number of carbonyl (C=O) groups excluding carboxylic acids is 1.